The van der Waals surface area contributed by atoms with Crippen molar-refractivity contribution in [3.8, 4) is 16.9 Å². The molecular formula is C27H29F3N6O8S. The number of halogens is 3. The number of carbonyl (C=O) groups is 2. The van der Waals surface area contributed by atoms with Crippen molar-refractivity contribution in [1.82, 2.24) is 19.5 Å². The molecule has 1 amide bonds. The van der Waals surface area contributed by atoms with Gasteiger partial charge in [-0.05, 0) is 37.3 Å². The van der Waals surface area contributed by atoms with Gasteiger partial charge in [0.05, 0.1) is 34.3 Å². The zero-order valence-electron chi connectivity index (χ0n) is 24.2. The molecule has 1 N–H and O–H groups in total. The van der Waals surface area contributed by atoms with E-state index in [1.165, 1.54) is 31.0 Å². The Labute approximate surface area is 255 Å². The molecule has 242 valence electrons. The number of hydrogen-bond donors (Lipinski definition) is 1. The maximum absolute atomic E-state index is 13.5. The molecule has 4 rings (SSSR count). The summed E-state index contributed by atoms with van der Waals surface area (Å²) in [7, 11) is -4.41. The molecule has 1 aliphatic rings. The Morgan fingerprint density at radius 1 is 1.11 bits per heavy atom. The van der Waals surface area contributed by atoms with Gasteiger partial charge < -0.3 is 14.7 Å². The lowest BCUT2D eigenvalue weighted by Crippen LogP contribution is -2.43. The van der Waals surface area contributed by atoms with Gasteiger partial charge in [-0.1, -0.05) is 29.8 Å². The number of sulfonamides is 1. The molecule has 1 fully saturated rings. The number of benzene rings is 2. The van der Waals surface area contributed by atoms with Crippen LogP contribution in [0.5, 0.6) is 0 Å². The summed E-state index contributed by atoms with van der Waals surface area (Å²) >= 11 is 0. The van der Waals surface area contributed by atoms with Crippen molar-refractivity contribution >= 4 is 22.1 Å². The molecule has 1 saturated heterocycles. The number of piperidine rings is 1. The van der Waals surface area contributed by atoms with Crippen LogP contribution in [0.15, 0.2) is 64.8 Å². The second-order valence-corrected chi connectivity index (χ2v) is 11.6. The summed E-state index contributed by atoms with van der Waals surface area (Å²) in [6.07, 6.45) is -7.41. The van der Waals surface area contributed by atoms with Crippen LogP contribution in [0.25, 0.3) is 16.9 Å². The molecule has 18 heteroatoms. The number of rotatable bonds is 9. The van der Waals surface area contributed by atoms with E-state index in [1.54, 1.807) is 29.0 Å². The van der Waals surface area contributed by atoms with Gasteiger partial charge in [-0.3, -0.25) is 9.63 Å². The SMILES string of the molecule is CC(=O)OC(C)ON=[N+]([O-])N1CCC(OC(=O)NS(=O)(=O)c2ccc(-n3nc(C(F)(F)F)cc3-c3ccc(C)cc3)cc2)CC1. The molecule has 0 bridgehead atoms. The summed E-state index contributed by atoms with van der Waals surface area (Å²) in [4.78, 5) is 27.9. The van der Waals surface area contributed by atoms with E-state index in [-0.39, 0.29) is 47.2 Å². The fourth-order valence-electron chi connectivity index (χ4n) is 4.30. The van der Waals surface area contributed by atoms with E-state index < -0.39 is 46.4 Å². The van der Waals surface area contributed by atoms with Crippen molar-refractivity contribution in [2.75, 3.05) is 13.1 Å². The summed E-state index contributed by atoms with van der Waals surface area (Å²) in [5.74, 6) is -0.616. The predicted molar refractivity (Wildman–Crippen MR) is 149 cm³/mol. The van der Waals surface area contributed by atoms with Gasteiger partial charge in [0.15, 0.2) is 5.69 Å². The van der Waals surface area contributed by atoms with E-state index in [4.69, 9.17) is 9.57 Å². The van der Waals surface area contributed by atoms with Crippen molar-refractivity contribution in [3.05, 3.63) is 71.1 Å². The van der Waals surface area contributed by atoms with Crippen LogP contribution >= 0.6 is 0 Å². The zero-order valence-corrected chi connectivity index (χ0v) is 25.0. The Morgan fingerprint density at radius 3 is 2.31 bits per heavy atom. The lowest BCUT2D eigenvalue weighted by atomic mass is 10.1. The lowest BCUT2D eigenvalue weighted by molar-refractivity contribution is -0.715. The quantitative estimate of drug-likeness (QED) is 0.114. The minimum absolute atomic E-state index is 0.0958. The van der Waals surface area contributed by atoms with E-state index >= 15 is 0 Å². The molecule has 0 aliphatic carbocycles. The molecular weight excluding hydrogens is 625 g/mol. The van der Waals surface area contributed by atoms with E-state index in [1.807, 2.05) is 6.92 Å². The summed E-state index contributed by atoms with van der Waals surface area (Å²) in [6.45, 7) is 4.56. The van der Waals surface area contributed by atoms with Crippen molar-refractivity contribution < 1.29 is 50.5 Å². The number of aryl methyl sites for hydroxylation is 1. The molecule has 2 aromatic carbocycles. The molecule has 0 spiro atoms. The number of esters is 1. The maximum Gasteiger partial charge on any atom is 0.435 e. The highest BCUT2D eigenvalue weighted by molar-refractivity contribution is 7.90. The smallest absolute Gasteiger partial charge is 0.435 e. The van der Waals surface area contributed by atoms with Crippen molar-refractivity contribution in [1.29, 1.82) is 0 Å². The Hall–Kier alpha value is -4.87. The van der Waals surface area contributed by atoms with Gasteiger partial charge in [0, 0.05) is 32.3 Å². The highest BCUT2D eigenvalue weighted by Crippen LogP contribution is 2.33. The first kappa shape index (κ1) is 33.0. The van der Waals surface area contributed by atoms with Gasteiger partial charge in [0.25, 0.3) is 16.3 Å². The van der Waals surface area contributed by atoms with Crippen molar-refractivity contribution in [2.45, 2.75) is 57.1 Å². The summed E-state index contributed by atoms with van der Waals surface area (Å²) in [5.41, 5.74) is 0.550. The van der Waals surface area contributed by atoms with Crippen LogP contribution in [0.1, 0.15) is 37.9 Å². The Balaban J connectivity index is 1.38. The van der Waals surface area contributed by atoms with Gasteiger partial charge in [-0.25, -0.2) is 22.6 Å². The van der Waals surface area contributed by atoms with Crippen LogP contribution in [-0.4, -0.2) is 65.7 Å². The third kappa shape index (κ3) is 8.62. The number of alkyl halides is 3. The Morgan fingerprint density at radius 2 is 1.73 bits per heavy atom. The van der Waals surface area contributed by atoms with Gasteiger partial charge in [-0.2, -0.15) is 18.3 Å². The number of hydrazine groups is 1. The standard InChI is InChI=1S/C27H29F3N6O8S/c1-17-4-6-20(7-5-17)24-16-25(27(28,29)30)31-35(24)21-8-10-23(11-9-21)45(40,41)32-26(38)43-22-12-14-34(15-13-22)36(39)33-44-19(3)42-18(2)37/h4-11,16,19,22H,12-15H2,1-3H3,(H,32,38). The average molecular weight is 655 g/mol. The lowest BCUT2D eigenvalue weighted by Gasteiger charge is -2.28. The fraction of sp³-hybridized carbons (Fsp3) is 0.370. The topological polar surface area (TPSA) is 167 Å². The zero-order chi connectivity index (χ0) is 32.9. The van der Waals surface area contributed by atoms with Gasteiger partial charge in [-0.15, -0.1) is 5.01 Å². The molecule has 14 nitrogen and oxygen atoms in total. The van der Waals surface area contributed by atoms with Gasteiger partial charge in [0.2, 0.25) is 5.28 Å². The molecule has 1 aliphatic heterocycles. The molecule has 1 atom stereocenters. The van der Waals surface area contributed by atoms with E-state index in [2.05, 4.69) is 15.1 Å². The molecule has 1 unspecified atom stereocenters. The van der Waals surface area contributed by atoms with Crippen LogP contribution in [0, 0.1) is 12.1 Å². The minimum Gasteiger partial charge on any atom is -0.569 e. The number of amides is 1. The van der Waals surface area contributed by atoms with Crippen LogP contribution in [0.4, 0.5) is 18.0 Å². The molecule has 0 saturated carbocycles. The van der Waals surface area contributed by atoms with Crippen molar-refractivity contribution in [3.63, 3.8) is 0 Å². The molecule has 2 heterocycles. The molecule has 3 aromatic rings. The normalized spacial score (nSPS) is 15.3. The number of carbonyl (C=O) groups excluding carboxylic acids is 2. The average Bonchev–Trinajstić information content (AvgIpc) is 3.42. The minimum atomic E-state index is -4.71. The fourth-order valence-corrected chi connectivity index (χ4v) is 5.18. The highest BCUT2D eigenvalue weighted by Gasteiger charge is 2.35. The van der Waals surface area contributed by atoms with Gasteiger partial charge in [0.1, 0.15) is 6.10 Å². The third-order valence-electron chi connectivity index (χ3n) is 6.49. The number of nitrogens with zero attached hydrogens (tertiary/aromatic N) is 5. The predicted octanol–water partition coefficient (Wildman–Crippen LogP) is 4.46. The van der Waals surface area contributed by atoms with Crippen LogP contribution in [-0.2, 0) is 35.3 Å². The monoisotopic (exact) mass is 654 g/mol. The third-order valence-corrected chi connectivity index (χ3v) is 7.82. The second-order valence-electron chi connectivity index (χ2n) is 9.96. The van der Waals surface area contributed by atoms with E-state index in [0.29, 0.717) is 5.56 Å². The molecule has 45 heavy (non-hydrogen) atoms. The first-order valence-corrected chi connectivity index (χ1v) is 14.9. The maximum atomic E-state index is 13.5. The molecule has 0 radical (unpaired) electrons. The number of aromatic nitrogens is 2. The van der Waals surface area contributed by atoms with Crippen LogP contribution < -0.4 is 4.72 Å². The van der Waals surface area contributed by atoms with Crippen molar-refractivity contribution in [2.24, 2.45) is 5.28 Å². The summed E-state index contributed by atoms with van der Waals surface area (Å²) < 4.78 is 78.9. The number of nitrogens with one attached hydrogen (secondary N) is 1. The first-order chi connectivity index (χ1) is 21.1. The summed E-state index contributed by atoms with van der Waals surface area (Å²) in [6, 6.07) is 12.4. The van der Waals surface area contributed by atoms with E-state index in [9.17, 15) is 36.4 Å². The Kier molecular flexibility index (Phi) is 9.84. The van der Waals surface area contributed by atoms with Crippen LogP contribution in [0.2, 0.25) is 0 Å². The largest absolute Gasteiger partial charge is 0.569 e. The summed E-state index contributed by atoms with van der Waals surface area (Å²) in [5, 5.41) is 20.3. The number of hydrogen-bond acceptors (Lipinski definition) is 10. The highest BCUT2D eigenvalue weighted by atomic mass is 32.2. The molecule has 1 aromatic heterocycles. The Bertz CT molecular complexity index is 1650. The van der Waals surface area contributed by atoms with Gasteiger partial charge >= 0.3 is 18.2 Å². The second kappa shape index (κ2) is 13.4. The van der Waals surface area contributed by atoms with Crippen LogP contribution in [0.3, 0.4) is 0 Å². The van der Waals surface area contributed by atoms with E-state index in [0.717, 1.165) is 28.4 Å². The first-order valence-electron chi connectivity index (χ1n) is 13.5. The number of ether oxygens (including phenoxy) is 2.